The number of rotatable bonds is 7. The minimum absolute atomic E-state index is 0.351. The Bertz CT molecular complexity index is 2390. The van der Waals surface area contributed by atoms with Gasteiger partial charge in [0.1, 0.15) is 0 Å². The van der Waals surface area contributed by atoms with Crippen LogP contribution in [0, 0.1) is 46.8 Å². The Morgan fingerprint density at radius 1 is 0.397 bits per heavy atom. The predicted octanol–water partition coefficient (Wildman–Crippen LogP) is 13.0. The lowest BCUT2D eigenvalue weighted by Crippen LogP contribution is -2.48. The van der Waals surface area contributed by atoms with Crippen LogP contribution in [0.15, 0.2) is 121 Å². The summed E-state index contributed by atoms with van der Waals surface area (Å²) in [5, 5.41) is 9.56. The van der Waals surface area contributed by atoms with E-state index in [4.69, 9.17) is 15.0 Å². The average molecular weight is 755 g/mol. The maximum atomic E-state index is 9.56. The van der Waals surface area contributed by atoms with Crippen LogP contribution in [-0.4, -0.2) is 15.0 Å². The molecule has 4 nitrogen and oxygen atoms in total. The molecule has 0 amide bonds. The van der Waals surface area contributed by atoms with Crippen LogP contribution in [0.1, 0.15) is 93.7 Å². The maximum absolute atomic E-state index is 9.56. The number of nitriles is 1. The zero-order valence-corrected chi connectivity index (χ0v) is 33.3. The number of aromatic nitrogens is 3. The molecule has 4 heteroatoms. The molecule has 0 unspecified atom stereocenters. The summed E-state index contributed by atoms with van der Waals surface area (Å²) in [6, 6.07) is 46.0. The molecule has 1 heterocycles. The average Bonchev–Trinajstić information content (AvgIpc) is 3.25. The SMILES string of the molecule is N#Cc1ccc(-c2cc(-c3nc(-c4ccc(C56C[C@H]7C[C@@H](C5)C[C@@H](C6)C7)cc4)nc(-c4ccc(C56C[C@H]7C[C@@H](C5)C[C@@H](C6)C7)cc4)n3)ccc2-c2ccccc2)cc1. The third kappa shape index (κ3) is 5.87. The van der Waals surface area contributed by atoms with Crippen molar-refractivity contribution in [3.05, 3.63) is 138 Å². The van der Waals surface area contributed by atoms with Crippen molar-refractivity contribution in [2.24, 2.45) is 35.5 Å². The molecule has 0 atom stereocenters. The first-order chi connectivity index (χ1) is 28.5. The highest BCUT2D eigenvalue weighted by atomic mass is 15.0. The molecule has 286 valence electrons. The molecule has 0 N–H and O–H groups in total. The summed E-state index contributed by atoms with van der Waals surface area (Å²) in [6.45, 7) is 0. The molecular formula is C54H50N4. The van der Waals surface area contributed by atoms with E-state index in [2.05, 4.69) is 103 Å². The van der Waals surface area contributed by atoms with Crippen molar-refractivity contribution >= 4 is 0 Å². The quantitative estimate of drug-likeness (QED) is 0.163. The van der Waals surface area contributed by atoms with Crippen molar-refractivity contribution in [2.75, 3.05) is 0 Å². The lowest BCUT2D eigenvalue weighted by molar-refractivity contribution is -0.00530. The lowest BCUT2D eigenvalue weighted by Gasteiger charge is -2.57. The van der Waals surface area contributed by atoms with Crippen LogP contribution < -0.4 is 0 Å². The van der Waals surface area contributed by atoms with Gasteiger partial charge < -0.3 is 0 Å². The fraction of sp³-hybridized carbons (Fsp3) is 0.370. The van der Waals surface area contributed by atoms with E-state index in [1.54, 1.807) is 0 Å². The molecule has 1 aromatic heterocycles. The van der Waals surface area contributed by atoms with E-state index in [-0.39, 0.29) is 0 Å². The second-order valence-electron chi connectivity index (χ2n) is 19.7. The lowest BCUT2D eigenvalue weighted by atomic mass is 9.48. The zero-order chi connectivity index (χ0) is 38.4. The van der Waals surface area contributed by atoms with E-state index in [0.29, 0.717) is 33.9 Å². The maximum Gasteiger partial charge on any atom is 0.164 e. The number of nitrogens with zero attached hydrogens (tertiary/aromatic N) is 4. The molecule has 8 aliphatic carbocycles. The zero-order valence-electron chi connectivity index (χ0n) is 33.3. The second kappa shape index (κ2) is 13.3. The van der Waals surface area contributed by atoms with Crippen LogP contribution in [0.3, 0.4) is 0 Å². The molecule has 8 fully saturated rings. The van der Waals surface area contributed by atoms with Crippen molar-refractivity contribution in [1.29, 1.82) is 5.26 Å². The van der Waals surface area contributed by atoms with Crippen molar-refractivity contribution in [1.82, 2.24) is 15.0 Å². The predicted molar refractivity (Wildman–Crippen MR) is 231 cm³/mol. The molecule has 0 spiro atoms. The second-order valence-corrected chi connectivity index (χ2v) is 19.7. The summed E-state index contributed by atoms with van der Waals surface area (Å²) in [7, 11) is 0. The van der Waals surface area contributed by atoms with Crippen molar-refractivity contribution in [3.8, 4) is 62.5 Å². The van der Waals surface area contributed by atoms with Crippen molar-refractivity contribution < 1.29 is 0 Å². The molecule has 5 aromatic carbocycles. The van der Waals surface area contributed by atoms with E-state index in [1.807, 2.05) is 24.3 Å². The summed E-state index contributed by atoms with van der Waals surface area (Å²) < 4.78 is 0. The Morgan fingerprint density at radius 2 is 0.776 bits per heavy atom. The van der Waals surface area contributed by atoms with Gasteiger partial charge in [-0.1, -0.05) is 103 Å². The Hall–Kier alpha value is -5.40. The van der Waals surface area contributed by atoms with E-state index >= 15 is 0 Å². The largest absolute Gasteiger partial charge is 0.208 e. The Balaban J connectivity index is 0.955. The molecule has 6 aromatic rings. The summed E-state index contributed by atoms with van der Waals surface area (Å²) in [5.41, 5.74) is 11.8. The van der Waals surface area contributed by atoms with Crippen molar-refractivity contribution in [2.45, 2.75) is 87.9 Å². The van der Waals surface area contributed by atoms with Gasteiger partial charge in [-0.25, -0.2) is 15.0 Å². The molecule has 58 heavy (non-hydrogen) atoms. The van der Waals surface area contributed by atoms with Gasteiger partial charge in [0.25, 0.3) is 0 Å². The first-order valence-electron chi connectivity index (χ1n) is 22.1. The van der Waals surface area contributed by atoms with Gasteiger partial charge in [-0.15, -0.1) is 0 Å². The fourth-order valence-electron chi connectivity index (χ4n) is 14.2. The third-order valence-corrected chi connectivity index (χ3v) is 15.9. The Morgan fingerprint density at radius 3 is 1.21 bits per heavy atom. The van der Waals surface area contributed by atoms with Gasteiger partial charge in [-0.3, -0.25) is 0 Å². The van der Waals surface area contributed by atoms with E-state index in [0.717, 1.165) is 74.5 Å². The molecule has 0 radical (unpaired) electrons. The summed E-state index contributed by atoms with van der Waals surface area (Å²) in [6.07, 6.45) is 16.9. The summed E-state index contributed by atoms with van der Waals surface area (Å²) >= 11 is 0. The smallest absolute Gasteiger partial charge is 0.164 e. The molecule has 8 saturated carbocycles. The molecular weight excluding hydrogens is 705 g/mol. The van der Waals surface area contributed by atoms with E-state index in [9.17, 15) is 5.26 Å². The van der Waals surface area contributed by atoms with Gasteiger partial charge in [0, 0.05) is 16.7 Å². The number of benzene rings is 5. The minimum Gasteiger partial charge on any atom is -0.208 e. The van der Waals surface area contributed by atoms with Crippen molar-refractivity contribution in [3.63, 3.8) is 0 Å². The highest BCUT2D eigenvalue weighted by Crippen LogP contribution is 2.62. The van der Waals surface area contributed by atoms with Gasteiger partial charge in [-0.2, -0.15) is 5.26 Å². The van der Waals surface area contributed by atoms with Crippen LogP contribution in [0.25, 0.3) is 56.4 Å². The number of hydrogen-bond acceptors (Lipinski definition) is 4. The van der Waals surface area contributed by atoms with Crippen LogP contribution in [0.4, 0.5) is 0 Å². The molecule has 14 rings (SSSR count). The van der Waals surface area contributed by atoms with Gasteiger partial charge in [0.05, 0.1) is 11.6 Å². The van der Waals surface area contributed by atoms with Gasteiger partial charge in [0.15, 0.2) is 17.5 Å². The highest BCUT2D eigenvalue weighted by Gasteiger charge is 2.52. The minimum atomic E-state index is 0.351. The third-order valence-electron chi connectivity index (χ3n) is 15.9. The summed E-state index contributed by atoms with van der Waals surface area (Å²) in [5.74, 6) is 7.58. The summed E-state index contributed by atoms with van der Waals surface area (Å²) in [4.78, 5) is 15.8. The van der Waals surface area contributed by atoms with Gasteiger partial charge >= 0.3 is 0 Å². The standard InChI is InChI=1S/C54H50N4/c55-33-34-6-8-42(9-7-34)49-26-45(14-19-48(49)41-4-2-1-3-5-41)52-57-50(43-10-15-46(16-11-43)53-27-35-20-36(28-53)22-37(21-35)29-53)56-51(58-52)44-12-17-47(18-13-44)54-30-38-23-39(31-54)25-40(24-38)32-54/h1-19,26,35-40H,20-25,27-32H2/t35-,36+,37-,38-,39+,40-,53?,54?. The molecule has 0 saturated heterocycles. The highest BCUT2D eigenvalue weighted by molar-refractivity contribution is 5.87. The van der Waals surface area contributed by atoms with Crippen LogP contribution in [0.2, 0.25) is 0 Å². The Labute approximate surface area is 342 Å². The normalized spacial score (nSPS) is 30.1. The first kappa shape index (κ1) is 34.6. The van der Waals surface area contributed by atoms with Gasteiger partial charge in [-0.05, 0) is 175 Å². The molecule has 0 aliphatic heterocycles. The van der Waals surface area contributed by atoms with E-state index < -0.39 is 0 Å². The number of hydrogen-bond donors (Lipinski definition) is 0. The van der Waals surface area contributed by atoms with Gasteiger partial charge in [0.2, 0.25) is 0 Å². The van der Waals surface area contributed by atoms with Crippen LogP contribution in [-0.2, 0) is 10.8 Å². The molecule has 8 bridgehead atoms. The Kier molecular flexibility index (Phi) is 7.95. The monoisotopic (exact) mass is 754 g/mol. The van der Waals surface area contributed by atoms with E-state index in [1.165, 1.54) is 88.2 Å². The topological polar surface area (TPSA) is 62.5 Å². The first-order valence-corrected chi connectivity index (χ1v) is 22.1. The molecule has 8 aliphatic rings. The van der Waals surface area contributed by atoms with Crippen LogP contribution >= 0.6 is 0 Å². The fourth-order valence-corrected chi connectivity index (χ4v) is 14.2. The van der Waals surface area contributed by atoms with Crippen LogP contribution in [0.5, 0.6) is 0 Å².